The van der Waals surface area contributed by atoms with Gasteiger partial charge in [0.25, 0.3) is 5.91 Å². The molecule has 176 valence electrons. The average molecular weight is 487 g/mol. The van der Waals surface area contributed by atoms with Crippen LogP contribution in [0.3, 0.4) is 0 Å². The molecule has 2 aliphatic rings. The number of hydrogen-bond donors (Lipinski definition) is 1. The van der Waals surface area contributed by atoms with Gasteiger partial charge >= 0.3 is 0 Å². The summed E-state index contributed by atoms with van der Waals surface area (Å²) in [5.41, 5.74) is 3.33. The van der Waals surface area contributed by atoms with Crippen LogP contribution >= 0.6 is 11.8 Å². The lowest BCUT2D eigenvalue weighted by atomic mass is 10.1. The maximum absolute atomic E-state index is 13.6. The molecule has 2 aliphatic heterocycles. The molecular weight excluding hydrogens is 463 g/mol. The predicted octanol–water partition coefficient (Wildman–Crippen LogP) is 4.81. The minimum Gasteiger partial charge on any atom is -0.352 e. The summed E-state index contributed by atoms with van der Waals surface area (Å²) in [7, 11) is 0. The van der Waals surface area contributed by atoms with Crippen LogP contribution in [-0.2, 0) is 21.9 Å². The lowest BCUT2D eigenvalue weighted by Gasteiger charge is -2.25. The number of halogens is 1. The van der Waals surface area contributed by atoms with Crippen molar-refractivity contribution in [3.8, 4) is 0 Å². The quantitative estimate of drug-likeness (QED) is 0.521. The highest BCUT2D eigenvalue weighted by atomic mass is 32.2. The number of para-hydroxylation sites is 1. The summed E-state index contributed by atoms with van der Waals surface area (Å²) in [4.78, 5) is 36.7. The van der Waals surface area contributed by atoms with Crippen molar-refractivity contribution in [2.75, 3.05) is 0 Å². The van der Waals surface area contributed by atoms with Crippen LogP contribution in [0.5, 0.6) is 0 Å². The van der Waals surface area contributed by atoms with Crippen LogP contribution in [0.15, 0.2) is 88.8 Å². The first-order valence-corrected chi connectivity index (χ1v) is 12.3. The number of carbonyl (C=O) groups is 2. The van der Waals surface area contributed by atoms with Crippen LogP contribution < -0.4 is 5.32 Å². The lowest BCUT2D eigenvalue weighted by Crippen LogP contribution is -2.41. The van der Waals surface area contributed by atoms with Gasteiger partial charge in [0.2, 0.25) is 5.91 Å². The normalized spacial score (nSPS) is 16.3. The fourth-order valence-electron chi connectivity index (χ4n) is 4.01. The molecular formula is C27H23FN4O2S. The largest absolute Gasteiger partial charge is 0.352 e. The molecule has 3 aromatic carbocycles. The van der Waals surface area contributed by atoms with Crippen LogP contribution in [0, 0.1) is 5.82 Å². The Balaban J connectivity index is 1.28. The number of benzene rings is 3. The highest BCUT2D eigenvalue weighted by molar-refractivity contribution is 8.13. The van der Waals surface area contributed by atoms with E-state index in [1.807, 2.05) is 60.7 Å². The summed E-state index contributed by atoms with van der Waals surface area (Å²) < 4.78 is 13.6. The van der Waals surface area contributed by atoms with Crippen molar-refractivity contribution < 1.29 is 14.0 Å². The SMILES string of the molecule is O=C(CC[C@H]1N=C2c3ccccc3N=C(SCc3cccc(F)c3)N2C1=O)NCc1ccccc1. The molecule has 0 saturated carbocycles. The van der Waals surface area contributed by atoms with Gasteiger partial charge in [0, 0.05) is 24.3 Å². The summed E-state index contributed by atoms with van der Waals surface area (Å²) in [6, 6.07) is 22.9. The van der Waals surface area contributed by atoms with E-state index in [4.69, 9.17) is 9.98 Å². The van der Waals surface area contributed by atoms with Crippen molar-refractivity contribution >= 4 is 40.3 Å². The Morgan fingerprint density at radius 3 is 2.60 bits per heavy atom. The highest BCUT2D eigenvalue weighted by Crippen LogP contribution is 2.35. The van der Waals surface area contributed by atoms with E-state index in [-0.39, 0.29) is 24.1 Å². The van der Waals surface area contributed by atoms with Crippen molar-refractivity contribution in [1.29, 1.82) is 0 Å². The number of thioether (sulfide) groups is 1. The van der Waals surface area contributed by atoms with Gasteiger partial charge in [-0.2, -0.15) is 0 Å². The van der Waals surface area contributed by atoms with Crippen molar-refractivity contribution in [3.63, 3.8) is 0 Å². The summed E-state index contributed by atoms with van der Waals surface area (Å²) in [6.45, 7) is 0.444. The summed E-state index contributed by atoms with van der Waals surface area (Å²) in [5, 5.41) is 3.40. The molecule has 0 fully saturated rings. The van der Waals surface area contributed by atoms with Gasteiger partial charge in [-0.05, 0) is 41.8 Å². The van der Waals surface area contributed by atoms with Gasteiger partial charge in [0.05, 0.1) is 5.69 Å². The Morgan fingerprint density at radius 2 is 1.77 bits per heavy atom. The number of rotatable bonds is 7. The molecule has 6 nitrogen and oxygen atoms in total. The van der Waals surface area contributed by atoms with E-state index in [9.17, 15) is 14.0 Å². The zero-order chi connectivity index (χ0) is 24.2. The van der Waals surface area contributed by atoms with E-state index < -0.39 is 6.04 Å². The van der Waals surface area contributed by atoms with E-state index in [1.54, 1.807) is 11.0 Å². The molecule has 1 atom stereocenters. The van der Waals surface area contributed by atoms with Gasteiger partial charge < -0.3 is 5.32 Å². The molecule has 0 aliphatic carbocycles. The first-order valence-electron chi connectivity index (χ1n) is 11.4. The maximum Gasteiger partial charge on any atom is 0.259 e. The molecule has 0 spiro atoms. The number of hydrogen-bond acceptors (Lipinski definition) is 5. The predicted molar refractivity (Wildman–Crippen MR) is 136 cm³/mol. The van der Waals surface area contributed by atoms with Crippen LogP contribution in [0.2, 0.25) is 0 Å². The first kappa shape index (κ1) is 23.0. The Bertz CT molecular complexity index is 1330. The third-order valence-corrected chi connectivity index (χ3v) is 6.79. The molecule has 0 unspecified atom stereocenters. The number of carbonyl (C=O) groups excluding carboxylic acids is 2. The van der Waals surface area contributed by atoms with Crippen LogP contribution in [0.4, 0.5) is 10.1 Å². The van der Waals surface area contributed by atoms with Crippen molar-refractivity contribution in [2.24, 2.45) is 9.98 Å². The lowest BCUT2D eigenvalue weighted by molar-refractivity contribution is -0.125. The van der Waals surface area contributed by atoms with Gasteiger partial charge in [0.15, 0.2) is 5.17 Å². The Hall–Kier alpha value is -3.78. The number of amides is 2. The molecule has 0 radical (unpaired) electrons. The molecule has 2 amide bonds. The summed E-state index contributed by atoms with van der Waals surface area (Å²) in [5.74, 6) is 0.390. The third-order valence-electron chi connectivity index (χ3n) is 5.78. The van der Waals surface area contributed by atoms with E-state index in [0.717, 1.165) is 22.4 Å². The zero-order valence-corrected chi connectivity index (χ0v) is 19.7. The molecule has 0 saturated heterocycles. The second-order valence-electron chi connectivity index (χ2n) is 8.27. The van der Waals surface area contributed by atoms with E-state index in [0.29, 0.717) is 29.7 Å². The van der Waals surface area contributed by atoms with Gasteiger partial charge in [-0.3, -0.25) is 14.6 Å². The van der Waals surface area contributed by atoms with Crippen LogP contribution in [0.1, 0.15) is 29.5 Å². The molecule has 3 aromatic rings. The summed E-state index contributed by atoms with van der Waals surface area (Å²) in [6.07, 6.45) is 0.502. The number of fused-ring (bicyclic) bond motifs is 3. The minimum absolute atomic E-state index is 0.124. The van der Waals surface area contributed by atoms with Crippen molar-refractivity contribution in [1.82, 2.24) is 10.2 Å². The smallest absolute Gasteiger partial charge is 0.259 e. The maximum atomic E-state index is 13.6. The number of amidine groups is 2. The number of aliphatic imine (C=N–C) groups is 2. The zero-order valence-electron chi connectivity index (χ0n) is 18.9. The number of nitrogens with zero attached hydrogens (tertiary/aromatic N) is 3. The van der Waals surface area contributed by atoms with Crippen LogP contribution in [0.25, 0.3) is 0 Å². The molecule has 35 heavy (non-hydrogen) atoms. The third kappa shape index (κ3) is 5.17. The monoisotopic (exact) mass is 486 g/mol. The summed E-state index contributed by atoms with van der Waals surface area (Å²) >= 11 is 1.36. The second-order valence-corrected chi connectivity index (χ2v) is 9.22. The first-order chi connectivity index (χ1) is 17.1. The minimum atomic E-state index is -0.654. The molecule has 2 heterocycles. The van der Waals surface area contributed by atoms with E-state index in [1.165, 1.54) is 23.9 Å². The van der Waals surface area contributed by atoms with E-state index >= 15 is 0 Å². The standard InChI is InChI=1S/C27H23FN4O2S/c28-20-10-6-9-19(15-20)17-35-27-31-22-12-5-4-11-21(22)25-30-23(26(34)32(25)27)13-14-24(33)29-16-18-7-2-1-3-8-18/h1-12,15,23H,13-14,16-17H2,(H,29,33)/t23-/m1/s1. The van der Waals surface area contributed by atoms with Crippen molar-refractivity contribution in [3.05, 3.63) is 101 Å². The molecule has 0 aromatic heterocycles. The van der Waals surface area contributed by atoms with Gasteiger partial charge in [-0.25, -0.2) is 14.3 Å². The fraction of sp³-hybridized carbons (Fsp3) is 0.185. The molecule has 0 bridgehead atoms. The fourth-order valence-corrected chi connectivity index (χ4v) is 4.96. The highest BCUT2D eigenvalue weighted by Gasteiger charge is 2.41. The topological polar surface area (TPSA) is 74.1 Å². The van der Waals surface area contributed by atoms with Crippen molar-refractivity contribution in [2.45, 2.75) is 31.2 Å². The number of nitrogens with one attached hydrogen (secondary N) is 1. The van der Waals surface area contributed by atoms with Gasteiger partial charge in [-0.15, -0.1) is 0 Å². The van der Waals surface area contributed by atoms with Gasteiger partial charge in [-0.1, -0.05) is 66.4 Å². The molecule has 1 N–H and O–H groups in total. The average Bonchev–Trinajstić information content (AvgIpc) is 3.22. The Labute approximate surface area is 207 Å². The van der Waals surface area contributed by atoms with E-state index in [2.05, 4.69) is 5.32 Å². The van der Waals surface area contributed by atoms with Crippen LogP contribution in [-0.4, -0.2) is 33.8 Å². The Kier molecular flexibility index (Phi) is 6.72. The second kappa shape index (κ2) is 10.2. The molecule has 8 heteroatoms. The van der Waals surface area contributed by atoms with Gasteiger partial charge in [0.1, 0.15) is 17.7 Å². The Morgan fingerprint density at radius 1 is 1.00 bits per heavy atom. The molecule has 5 rings (SSSR count).